The van der Waals surface area contributed by atoms with Gasteiger partial charge >= 0.3 is 5.97 Å². The second kappa shape index (κ2) is 4.14. The van der Waals surface area contributed by atoms with Crippen LogP contribution in [0.1, 0.15) is 19.8 Å². The summed E-state index contributed by atoms with van der Waals surface area (Å²) >= 11 is 3.87. The van der Waals surface area contributed by atoms with Crippen molar-refractivity contribution >= 4 is 18.6 Å². The van der Waals surface area contributed by atoms with E-state index in [9.17, 15) is 4.79 Å². The first-order valence-corrected chi connectivity index (χ1v) is 4.89. The molecule has 1 aliphatic heterocycles. The molecule has 4 heteroatoms. The minimum atomic E-state index is -0.250. The summed E-state index contributed by atoms with van der Waals surface area (Å²) in [5, 5.41) is 3.19. The fourth-order valence-corrected chi connectivity index (χ4v) is 1.52. The molecule has 1 N–H and O–H groups in total. The van der Waals surface area contributed by atoms with Crippen LogP contribution in [0.4, 0.5) is 0 Å². The van der Waals surface area contributed by atoms with Gasteiger partial charge in [-0.2, -0.15) is 12.6 Å². The fraction of sp³-hybridized carbons (Fsp3) is 0.875. The van der Waals surface area contributed by atoms with Crippen molar-refractivity contribution in [2.75, 3.05) is 18.8 Å². The van der Waals surface area contributed by atoms with Gasteiger partial charge in [0.25, 0.3) is 0 Å². The summed E-state index contributed by atoms with van der Waals surface area (Å²) in [4.78, 5) is 11.0. The van der Waals surface area contributed by atoms with Crippen molar-refractivity contribution in [1.29, 1.82) is 0 Å². The molecule has 0 aromatic carbocycles. The monoisotopic (exact) mass is 189 g/mol. The van der Waals surface area contributed by atoms with Gasteiger partial charge in [-0.3, -0.25) is 4.79 Å². The minimum absolute atomic E-state index is 0.168. The Morgan fingerprint density at radius 3 is 2.92 bits per heavy atom. The molecule has 1 heterocycles. The van der Waals surface area contributed by atoms with E-state index in [4.69, 9.17) is 4.74 Å². The number of nitrogens with one attached hydrogen (secondary N) is 1. The van der Waals surface area contributed by atoms with Gasteiger partial charge in [-0.15, -0.1) is 0 Å². The molecular formula is C8H15NO2S. The third-order valence-corrected chi connectivity index (χ3v) is 2.57. The van der Waals surface area contributed by atoms with E-state index in [1.165, 1.54) is 0 Å². The predicted molar refractivity (Wildman–Crippen MR) is 50.5 cm³/mol. The van der Waals surface area contributed by atoms with E-state index >= 15 is 0 Å². The third kappa shape index (κ3) is 2.14. The van der Waals surface area contributed by atoms with Crippen molar-refractivity contribution in [3.63, 3.8) is 0 Å². The number of thiol groups is 1. The van der Waals surface area contributed by atoms with Crippen molar-refractivity contribution in [3.05, 3.63) is 0 Å². The van der Waals surface area contributed by atoms with E-state index in [2.05, 4.69) is 17.9 Å². The molecule has 1 rings (SSSR count). The van der Waals surface area contributed by atoms with Crippen molar-refractivity contribution in [2.24, 2.45) is 0 Å². The van der Waals surface area contributed by atoms with Crippen LogP contribution < -0.4 is 5.32 Å². The molecule has 1 fully saturated rings. The smallest absolute Gasteiger partial charge is 0.316 e. The highest BCUT2D eigenvalue weighted by Crippen LogP contribution is 2.23. The normalized spacial score (nSPS) is 28.8. The van der Waals surface area contributed by atoms with Crippen molar-refractivity contribution in [2.45, 2.75) is 25.4 Å². The highest BCUT2D eigenvalue weighted by Gasteiger charge is 2.35. The number of rotatable bonds is 3. The quantitative estimate of drug-likeness (QED) is 0.504. The second-order valence-electron chi connectivity index (χ2n) is 3.10. The molecule has 1 unspecified atom stereocenters. The lowest BCUT2D eigenvalue weighted by Gasteiger charge is -2.26. The summed E-state index contributed by atoms with van der Waals surface area (Å²) in [6.07, 6.45) is 1.79. The Kier molecular flexibility index (Phi) is 3.40. The first-order chi connectivity index (χ1) is 5.72. The lowest BCUT2D eigenvalue weighted by atomic mass is 10.00. The number of esters is 1. The van der Waals surface area contributed by atoms with Crippen LogP contribution in [0.2, 0.25) is 0 Å². The predicted octanol–water partition coefficient (Wildman–Crippen LogP) is 0.601. The lowest BCUT2D eigenvalue weighted by molar-refractivity contribution is -0.154. The Morgan fingerprint density at radius 2 is 2.50 bits per heavy atom. The molecule has 70 valence electrons. The fourth-order valence-electron chi connectivity index (χ4n) is 1.46. The third-order valence-electron chi connectivity index (χ3n) is 2.31. The van der Waals surface area contributed by atoms with Gasteiger partial charge in [-0.25, -0.2) is 0 Å². The molecule has 0 spiro atoms. The maximum absolute atomic E-state index is 11.0. The highest BCUT2D eigenvalue weighted by atomic mass is 32.1. The molecule has 0 aromatic rings. The zero-order valence-electron chi connectivity index (χ0n) is 7.30. The summed E-state index contributed by atoms with van der Waals surface area (Å²) in [5.41, 5.74) is -0.250. The zero-order valence-corrected chi connectivity index (χ0v) is 8.19. The van der Waals surface area contributed by atoms with E-state index in [-0.39, 0.29) is 17.3 Å². The Morgan fingerprint density at radius 1 is 1.75 bits per heavy atom. The van der Waals surface area contributed by atoms with Crippen molar-refractivity contribution in [3.8, 4) is 0 Å². The van der Waals surface area contributed by atoms with Crippen molar-refractivity contribution in [1.82, 2.24) is 5.32 Å². The standard InChI is InChI=1S/C8H15NO2S/c1-2-8(3-4-9-6-8)11-7(10)5-12/h9,12H,2-6H2,1H3. The molecule has 1 atom stereocenters. The molecule has 1 aliphatic rings. The first-order valence-electron chi connectivity index (χ1n) is 4.26. The first kappa shape index (κ1) is 9.86. The topological polar surface area (TPSA) is 38.3 Å². The van der Waals surface area contributed by atoms with Gasteiger partial charge in [0, 0.05) is 13.0 Å². The summed E-state index contributed by atoms with van der Waals surface area (Å²) in [7, 11) is 0. The SMILES string of the molecule is CCC1(OC(=O)CS)CCNC1. The molecule has 12 heavy (non-hydrogen) atoms. The molecule has 0 aromatic heterocycles. The van der Waals surface area contributed by atoms with Gasteiger partial charge in [0.1, 0.15) is 5.60 Å². The number of carbonyl (C=O) groups excluding carboxylic acids is 1. The Hall–Kier alpha value is -0.220. The van der Waals surface area contributed by atoms with E-state index in [1.807, 2.05) is 6.92 Å². The zero-order chi connectivity index (χ0) is 9.03. The van der Waals surface area contributed by atoms with E-state index in [0.717, 1.165) is 25.9 Å². The van der Waals surface area contributed by atoms with Gasteiger partial charge in [0.2, 0.25) is 0 Å². The molecule has 0 saturated carbocycles. The van der Waals surface area contributed by atoms with Gasteiger partial charge in [0.15, 0.2) is 0 Å². The van der Waals surface area contributed by atoms with Crippen LogP contribution in [-0.4, -0.2) is 30.4 Å². The maximum Gasteiger partial charge on any atom is 0.316 e. The number of hydrogen-bond acceptors (Lipinski definition) is 4. The molecule has 0 aliphatic carbocycles. The maximum atomic E-state index is 11.0. The molecule has 0 amide bonds. The van der Waals surface area contributed by atoms with Gasteiger partial charge in [-0.05, 0) is 13.0 Å². The molecule has 1 saturated heterocycles. The van der Waals surface area contributed by atoms with Crippen LogP contribution in [0.15, 0.2) is 0 Å². The largest absolute Gasteiger partial charge is 0.457 e. The molecule has 0 bridgehead atoms. The number of ether oxygens (including phenoxy) is 1. The summed E-state index contributed by atoms with van der Waals surface area (Å²) in [6, 6.07) is 0. The lowest BCUT2D eigenvalue weighted by Crippen LogP contribution is -2.37. The van der Waals surface area contributed by atoms with Crippen molar-refractivity contribution < 1.29 is 9.53 Å². The molecular weight excluding hydrogens is 174 g/mol. The highest BCUT2D eigenvalue weighted by molar-refractivity contribution is 7.81. The van der Waals surface area contributed by atoms with E-state index in [1.54, 1.807) is 0 Å². The van der Waals surface area contributed by atoms with Gasteiger partial charge in [-0.1, -0.05) is 6.92 Å². The summed E-state index contributed by atoms with van der Waals surface area (Å²) < 4.78 is 5.32. The molecule has 3 nitrogen and oxygen atoms in total. The second-order valence-corrected chi connectivity index (χ2v) is 3.41. The summed E-state index contributed by atoms with van der Waals surface area (Å²) in [5.74, 6) is -0.0502. The minimum Gasteiger partial charge on any atom is -0.457 e. The Bertz CT molecular complexity index is 166. The molecule has 0 radical (unpaired) electrons. The van der Waals surface area contributed by atoms with Crippen LogP contribution >= 0.6 is 12.6 Å². The average Bonchev–Trinajstić information content (AvgIpc) is 2.54. The van der Waals surface area contributed by atoms with E-state index < -0.39 is 0 Å². The van der Waals surface area contributed by atoms with Crippen LogP contribution in [0.5, 0.6) is 0 Å². The van der Waals surface area contributed by atoms with Crippen LogP contribution in [0, 0.1) is 0 Å². The Labute approximate surface area is 78.3 Å². The number of carbonyl (C=O) groups is 1. The Balaban J connectivity index is 2.49. The average molecular weight is 189 g/mol. The number of hydrogen-bond donors (Lipinski definition) is 2. The van der Waals surface area contributed by atoms with Gasteiger partial charge in [0.05, 0.1) is 5.75 Å². The van der Waals surface area contributed by atoms with Crippen LogP contribution in [-0.2, 0) is 9.53 Å². The van der Waals surface area contributed by atoms with E-state index in [0.29, 0.717) is 0 Å². The van der Waals surface area contributed by atoms with Crippen LogP contribution in [0.25, 0.3) is 0 Å². The van der Waals surface area contributed by atoms with Gasteiger partial charge < -0.3 is 10.1 Å². The van der Waals surface area contributed by atoms with Crippen LogP contribution in [0.3, 0.4) is 0 Å². The summed E-state index contributed by atoms with van der Waals surface area (Å²) in [6.45, 7) is 3.76.